The number of amides is 1. The first-order valence-electron chi connectivity index (χ1n) is 8.53. The Labute approximate surface area is 168 Å². The molecule has 0 aliphatic carbocycles. The van der Waals surface area contributed by atoms with E-state index in [0.717, 1.165) is 5.56 Å². The van der Waals surface area contributed by atoms with Gasteiger partial charge in [0.25, 0.3) is 15.9 Å². The minimum atomic E-state index is -3.74. The summed E-state index contributed by atoms with van der Waals surface area (Å²) in [6.45, 7) is 4.17. The predicted molar refractivity (Wildman–Crippen MR) is 109 cm³/mol. The number of carbonyl (C=O) groups excluding carboxylic acids is 1. The lowest BCUT2D eigenvalue weighted by atomic mass is 10.2. The molecule has 0 aliphatic heterocycles. The van der Waals surface area contributed by atoms with Crippen molar-refractivity contribution in [1.29, 1.82) is 0 Å². The van der Waals surface area contributed by atoms with Gasteiger partial charge in [0, 0.05) is 12.2 Å². The van der Waals surface area contributed by atoms with Crippen molar-refractivity contribution in [3.8, 4) is 0 Å². The zero-order valence-electron chi connectivity index (χ0n) is 15.3. The molecule has 1 aromatic heterocycles. The number of carbonyl (C=O) groups is 1. The van der Waals surface area contributed by atoms with Crippen molar-refractivity contribution in [1.82, 2.24) is 9.78 Å². The third-order valence-corrected chi connectivity index (χ3v) is 5.78. The maximum atomic E-state index is 12.6. The molecule has 1 heterocycles. The van der Waals surface area contributed by atoms with Crippen molar-refractivity contribution in [3.63, 3.8) is 0 Å². The number of aryl methyl sites for hydroxylation is 2. The average Bonchev–Trinajstić information content (AvgIpc) is 3.04. The van der Waals surface area contributed by atoms with Crippen LogP contribution < -0.4 is 10.0 Å². The van der Waals surface area contributed by atoms with Crippen LogP contribution in [-0.2, 0) is 16.6 Å². The third-order valence-electron chi connectivity index (χ3n) is 4.12. The van der Waals surface area contributed by atoms with Gasteiger partial charge in [0.15, 0.2) is 0 Å². The molecule has 2 N–H and O–H groups in total. The van der Waals surface area contributed by atoms with Crippen LogP contribution in [0.3, 0.4) is 0 Å². The molecule has 2 aromatic carbocycles. The van der Waals surface area contributed by atoms with Gasteiger partial charge < -0.3 is 5.32 Å². The topological polar surface area (TPSA) is 93.1 Å². The van der Waals surface area contributed by atoms with Gasteiger partial charge in [-0.05, 0) is 49.7 Å². The lowest BCUT2D eigenvalue weighted by Gasteiger charge is -2.11. The Morgan fingerprint density at radius 3 is 2.46 bits per heavy atom. The SMILES string of the molecule is CCn1ncc(Cl)c1C(=O)Nc1ccc(S(=O)(=O)Nc2ccccc2C)cc1. The Morgan fingerprint density at radius 1 is 1.14 bits per heavy atom. The molecule has 3 aromatic rings. The van der Waals surface area contributed by atoms with Gasteiger partial charge in [-0.2, -0.15) is 5.10 Å². The number of aromatic nitrogens is 2. The summed E-state index contributed by atoms with van der Waals surface area (Å²) in [7, 11) is -3.74. The van der Waals surface area contributed by atoms with Gasteiger partial charge in [-0.3, -0.25) is 14.2 Å². The van der Waals surface area contributed by atoms with Crippen LogP contribution in [0.5, 0.6) is 0 Å². The fraction of sp³-hybridized carbons (Fsp3) is 0.158. The molecule has 0 radical (unpaired) electrons. The molecule has 0 fully saturated rings. The largest absolute Gasteiger partial charge is 0.321 e. The van der Waals surface area contributed by atoms with Crippen LogP contribution >= 0.6 is 11.6 Å². The van der Waals surface area contributed by atoms with Crippen molar-refractivity contribution < 1.29 is 13.2 Å². The zero-order valence-corrected chi connectivity index (χ0v) is 16.9. The maximum Gasteiger partial charge on any atom is 0.275 e. The second-order valence-corrected chi connectivity index (χ2v) is 8.15. The summed E-state index contributed by atoms with van der Waals surface area (Å²) in [5, 5.41) is 6.98. The van der Waals surface area contributed by atoms with Gasteiger partial charge in [0.2, 0.25) is 0 Å². The van der Waals surface area contributed by atoms with Crippen molar-refractivity contribution in [2.24, 2.45) is 0 Å². The second-order valence-electron chi connectivity index (χ2n) is 6.06. The van der Waals surface area contributed by atoms with Crippen molar-refractivity contribution >= 4 is 38.9 Å². The molecule has 7 nitrogen and oxygen atoms in total. The standard InChI is InChI=1S/C19H19ClN4O3S/c1-3-24-18(16(20)12-21-24)19(25)22-14-8-10-15(11-9-14)28(26,27)23-17-7-5-4-6-13(17)2/h4-12,23H,3H2,1-2H3,(H,22,25). The minimum Gasteiger partial charge on any atom is -0.321 e. The van der Waals surface area contributed by atoms with E-state index in [9.17, 15) is 13.2 Å². The van der Waals surface area contributed by atoms with Crippen molar-refractivity contribution in [2.75, 3.05) is 10.0 Å². The number of sulfonamides is 1. The molecule has 0 saturated carbocycles. The number of nitrogens with zero attached hydrogens (tertiary/aromatic N) is 2. The van der Waals surface area contributed by atoms with Crippen LogP contribution in [0.2, 0.25) is 5.02 Å². The van der Waals surface area contributed by atoms with Crippen LogP contribution in [0.15, 0.2) is 59.6 Å². The molecular formula is C19H19ClN4O3S. The van der Waals surface area contributed by atoms with E-state index in [4.69, 9.17) is 11.6 Å². The highest BCUT2D eigenvalue weighted by Crippen LogP contribution is 2.22. The van der Waals surface area contributed by atoms with E-state index < -0.39 is 15.9 Å². The molecule has 9 heteroatoms. The molecule has 3 rings (SSSR count). The Kier molecular flexibility index (Phi) is 5.71. The van der Waals surface area contributed by atoms with E-state index in [1.807, 2.05) is 26.0 Å². The third kappa shape index (κ3) is 4.18. The Morgan fingerprint density at radius 2 is 1.82 bits per heavy atom. The summed E-state index contributed by atoms with van der Waals surface area (Å²) in [6, 6.07) is 13.0. The first-order valence-corrected chi connectivity index (χ1v) is 10.4. The summed E-state index contributed by atoms with van der Waals surface area (Å²) in [6.07, 6.45) is 1.41. The van der Waals surface area contributed by atoms with Crippen LogP contribution in [0.4, 0.5) is 11.4 Å². The molecule has 0 spiro atoms. The summed E-state index contributed by atoms with van der Waals surface area (Å²) in [4.78, 5) is 12.5. The van der Waals surface area contributed by atoms with E-state index >= 15 is 0 Å². The maximum absolute atomic E-state index is 12.6. The smallest absolute Gasteiger partial charge is 0.275 e. The number of nitrogens with one attached hydrogen (secondary N) is 2. The van der Waals surface area contributed by atoms with Crippen LogP contribution in [0.25, 0.3) is 0 Å². The molecule has 146 valence electrons. The van der Waals surface area contributed by atoms with Gasteiger partial charge in [-0.25, -0.2) is 8.42 Å². The van der Waals surface area contributed by atoms with Crippen LogP contribution in [-0.4, -0.2) is 24.1 Å². The van der Waals surface area contributed by atoms with E-state index in [1.165, 1.54) is 35.1 Å². The lowest BCUT2D eigenvalue weighted by Crippen LogP contribution is -2.18. The number of anilines is 2. The average molecular weight is 419 g/mol. The molecular weight excluding hydrogens is 400 g/mol. The number of benzene rings is 2. The van der Waals surface area contributed by atoms with Gasteiger partial charge in [0.1, 0.15) is 5.69 Å². The quantitative estimate of drug-likeness (QED) is 0.634. The molecule has 0 aliphatic rings. The molecule has 0 unspecified atom stereocenters. The fourth-order valence-electron chi connectivity index (χ4n) is 2.63. The Hall–Kier alpha value is -2.84. The van der Waals surface area contributed by atoms with Crippen molar-refractivity contribution in [3.05, 3.63) is 71.0 Å². The zero-order chi connectivity index (χ0) is 20.3. The molecule has 0 saturated heterocycles. The molecule has 0 bridgehead atoms. The molecule has 0 atom stereocenters. The normalized spacial score (nSPS) is 11.2. The van der Waals surface area contributed by atoms with E-state index in [-0.39, 0.29) is 15.6 Å². The van der Waals surface area contributed by atoms with Gasteiger partial charge in [-0.15, -0.1) is 0 Å². The number of rotatable bonds is 6. The second kappa shape index (κ2) is 8.04. The van der Waals surface area contributed by atoms with E-state index in [0.29, 0.717) is 17.9 Å². The lowest BCUT2D eigenvalue weighted by molar-refractivity contribution is 0.101. The minimum absolute atomic E-state index is 0.0883. The highest BCUT2D eigenvalue weighted by molar-refractivity contribution is 7.92. The van der Waals surface area contributed by atoms with Crippen LogP contribution in [0, 0.1) is 6.92 Å². The Bertz CT molecular complexity index is 1110. The summed E-state index contributed by atoms with van der Waals surface area (Å²) in [5.41, 5.74) is 2.03. The number of hydrogen-bond acceptors (Lipinski definition) is 4. The Balaban J connectivity index is 1.77. The fourth-order valence-corrected chi connectivity index (χ4v) is 3.98. The van der Waals surface area contributed by atoms with E-state index in [1.54, 1.807) is 12.1 Å². The number of halogens is 1. The van der Waals surface area contributed by atoms with Gasteiger partial charge >= 0.3 is 0 Å². The first-order chi connectivity index (χ1) is 13.3. The van der Waals surface area contributed by atoms with E-state index in [2.05, 4.69) is 15.1 Å². The predicted octanol–water partition coefficient (Wildman–Crippen LogP) is 3.92. The van der Waals surface area contributed by atoms with Gasteiger partial charge in [0.05, 0.1) is 21.8 Å². The summed E-state index contributed by atoms with van der Waals surface area (Å²) in [5.74, 6) is -0.419. The summed E-state index contributed by atoms with van der Waals surface area (Å²) >= 11 is 6.03. The van der Waals surface area contributed by atoms with Crippen molar-refractivity contribution in [2.45, 2.75) is 25.3 Å². The highest BCUT2D eigenvalue weighted by Gasteiger charge is 2.18. The molecule has 28 heavy (non-hydrogen) atoms. The highest BCUT2D eigenvalue weighted by atomic mass is 35.5. The number of para-hydroxylation sites is 1. The van der Waals surface area contributed by atoms with Crippen LogP contribution in [0.1, 0.15) is 23.0 Å². The summed E-state index contributed by atoms with van der Waals surface area (Å²) < 4.78 is 29.2. The van der Waals surface area contributed by atoms with Gasteiger partial charge in [-0.1, -0.05) is 29.8 Å². The number of hydrogen-bond donors (Lipinski definition) is 2. The molecule has 1 amide bonds. The first kappa shape index (κ1) is 19.9. The monoisotopic (exact) mass is 418 g/mol.